The first kappa shape index (κ1) is 13.1. The predicted octanol–water partition coefficient (Wildman–Crippen LogP) is 0.807. The monoisotopic (exact) mass is 277 g/mol. The topological polar surface area (TPSA) is 87.8 Å². The number of carbonyl (C=O) groups is 1. The fraction of sp³-hybridized carbons (Fsp3) is 0.500. The molecule has 0 spiro atoms. The minimum atomic E-state index is -0.256. The summed E-state index contributed by atoms with van der Waals surface area (Å²) in [4.78, 5) is 13.5. The van der Waals surface area contributed by atoms with E-state index in [9.17, 15) is 9.90 Å². The Labute approximate surface area is 117 Å². The summed E-state index contributed by atoms with van der Waals surface area (Å²) in [6.07, 6.45) is 0.466. The second kappa shape index (κ2) is 4.86. The number of carbonyl (C=O) groups excluding carboxylic acids is 1. The summed E-state index contributed by atoms with van der Waals surface area (Å²) in [5.74, 6) is 0.650. The third-order valence-electron chi connectivity index (χ3n) is 3.96. The van der Waals surface area contributed by atoms with E-state index >= 15 is 0 Å². The molecule has 1 fully saturated rings. The number of benzene rings is 1. The van der Waals surface area contributed by atoms with Gasteiger partial charge in [-0.3, -0.25) is 4.79 Å². The molecule has 2 atom stereocenters. The minimum absolute atomic E-state index is 0.0265. The number of nitrogen functional groups attached to an aromatic ring is 1. The zero-order valence-electron chi connectivity index (χ0n) is 11.4. The number of hydrogen-bond acceptors (Lipinski definition) is 5. The highest BCUT2D eigenvalue weighted by atomic mass is 16.5. The standard InChI is InChI=1S/C14H19N3O3/c1-8-6-17(3-2-12(8)18)11-5-10-13(4-9(11)15)20-7-14(19)16-10/h4-5,8,12,18H,2-3,6-7,15H2,1H3,(H,16,19). The molecule has 2 aliphatic rings. The number of piperidine rings is 1. The van der Waals surface area contributed by atoms with Crippen LogP contribution in [0.1, 0.15) is 13.3 Å². The van der Waals surface area contributed by atoms with Crippen LogP contribution >= 0.6 is 0 Å². The minimum Gasteiger partial charge on any atom is -0.482 e. The number of amides is 1. The molecule has 4 N–H and O–H groups in total. The molecule has 2 unspecified atom stereocenters. The molecule has 1 saturated heterocycles. The van der Waals surface area contributed by atoms with Crippen LogP contribution in [0, 0.1) is 5.92 Å². The number of aliphatic hydroxyl groups excluding tert-OH is 1. The number of anilines is 3. The lowest BCUT2D eigenvalue weighted by Gasteiger charge is -2.37. The van der Waals surface area contributed by atoms with Gasteiger partial charge in [0.15, 0.2) is 6.61 Å². The molecule has 108 valence electrons. The quantitative estimate of drug-likeness (QED) is 0.661. The van der Waals surface area contributed by atoms with E-state index < -0.39 is 0 Å². The number of nitrogens with two attached hydrogens (primary N) is 1. The van der Waals surface area contributed by atoms with E-state index in [4.69, 9.17) is 10.5 Å². The van der Waals surface area contributed by atoms with Crippen molar-refractivity contribution in [1.82, 2.24) is 0 Å². The van der Waals surface area contributed by atoms with Gasteiger partial charge in [0.05, 0.1) is 23.2 Å². The van der Waals surface area contributed by atoms with Gasteiger partial charge in [-0.1, -0.05) is 6.92 Å². The van der Waals surface area contributed by atoms with Crippen LogP contribution < -0.4 is 20.7 Å². The lowest BCUT2D eigenvalue weighted by atomic mass is 9.96. The maximum absolute atomic E-state index is 11.4. The number of nitrogens with one attached hydrogen (secondary N) is 1. The Hall–Kier alpha value is -1.95. The Morgan fingerprint density at radius 1 is 1.50 bits per heavy atom. The second-order valence-corrected chi connectivity index (χ2v) is 5.52. The third-order valence-corrected chi connectivity index (χ3v) is 3.96. The van der Waals surface area contributed by atoms with E-state index in [1.807, 2.05) is 13.0 Å². The fourth-order valence-corrected chi connectivity index (χ4v) is 2.76. The van der Waals surface area contributed by atoms with Gasteiger partial charge in [-0.05, 0) is 18.4 Å². The van der Waals surface area contributed by atoms with Crippen molar-refractivity contribution in [3.8, 4) is 5.75 Å². The van der Waals surface area contributed by atoms with Crippen molar-refractivity contribution in [2.24, 2.45) is 5.92 Å². The van der Waals surface area contributed by atoms with E-state index in [0.717, 1.165) is 25.2 Å². The molecule has 3 rings (SSSR count). The Kier molecular flexibility index (Phi) is 3.17. The highest BCUT2D eigenvalue weighted by Crippen LogP contribution is 2.38. The summed E-state index contributed by atoms with van der Waals surface area (Å²) in [5, 5.41) is 12.6. The van der Waals surface area contributed by atoms with Gasteiger partial charge in [0.1, 0.15) is 5.75 Å². The van der Waals surface area contributed by atoms with Crippen molar-refractivity contribution in [2.75, 3.05) is 35.6 Å². The van der Waals surface area contributed by atoms with Crippen LogP contribution in [-0.2, 0) is 4.79 Å². The molecule has 1 aromatic rings. The van der Waals surface area contributed by atoms with Gasteiger partial charge in [0.2, 0.25) is 0 Å². The molecule has 1 amide bonds. The van der Waals surface area contributed by atoms with Gasteiger partial charge in [-0.25, -0.2) is 0 Å². The van der Waals surface area contributed by atoms with Crippen molar-refractivity contribution in [2.45, 2.75) is 19.4 Å². The average Bonchev–Trinajstić information content (AvgIpc) is 2.42. The maximum Gasteiger partial charge on any atom is 0.262 e. The summed E-state index contributed by atoms with van der Waals surface area (Å²) in [5.41, 5.74) is 8.26. The molecule has 0 aliphatic carbocycles. The largest absolute Gasteiger partial charge is 0.482 e. The van der Waals surface area contributed by atoms with E-state index in [1.54, 1.807) is 6.07 Å². The van der Waals surface area contributed by atoms with E-state index in [2.05, 4.69) is 10.2 Å². The smallest absolute Gasteiger partial charge is 0.262 e. The molecular weight excluding hydrogens is 258 g/mol. The van der Waals surface area contributed by atoms with Gasteiger partial charge in [-0.2, -0.15) is 0 Å². The summed E-state index contributed by atoms with van der Waals surface area (Å²) < 4.78 is 5.35. The first-order chi connectivity index (χ1) is 9.54. The molecule has 6 nitrogen and oxygen atoms in total. The van der Waals surface area contributed by atoms with Crippen LogP contribution in [-0.4, -0.2) is 36.8 Å². The Morgan fingerprint density at radius 3 is 3.05 bits per heavy atom. The van der Waals surface area contributed by atoms with Crippen molar-refractivity contribution in [1.29, 1.82) is 0 Å². The van der Waals surface area contributed by atoms with Gasteiger partial charge in [0.25, 0.3) is 5.91 Å². The Balaban J connectivity index is 1.90. The molecular formula is C14H19N3O3. The highest BCUT2D eigenvalue weighted by molar-refractivity contribution is 5.97. The lowest BCUT2D eigenvalue weighted by molar-refractivity contribution is -0.118. The number of nitrogens with zero attached hydrogens (tertiary/aromatic N) is 1. The third kappa shape index (κ3) is 2.27. The predicted molar refractivity (Wildman–Crippen MR) is 77.0 cm³/mol. The molecule has 2 aliphatic heterocycles. The molecule has 1 aromatic carbocycles. The second-order valence-electron chi connectivity index (χ2n) is 5.52. The van der Waals surface area contributed by atoms with Crippen LogP contribution in [0.3, 0.4) is 0 Å². The average molecular weight is 277 g/mol. The van der Waals surface area contributed by atoms with Crippen molar-refractivity contribution in [3.05, 3.63) is 12.1 Å². The maximum atomic E-state index is 11.4. The summed E-state index contributed by atoms with van der Waals surface area (Å²) >= 11 is 0. The number of aliphatic hydroxyl groups is 1. The zero-order valence-corrected chi connectivity index (χ0v) is 11.4. The van der Waals surface area contributed by atoms with Gasteiger partial charge in [-0.15, -0.1) is 0 Å². The first-order valence-corrected chi connectivity index (χ1v) is 6.84. The Bertz CT molecular complexity index is 547. The van der Waals surface area contributed by atoms with Crippen molar-refractivity contribution >= 4 is 23.0 Å². The zero-order chi connectivity index (χ0) is 14.3. The number of ether oxygens (including phenoxy) is 1. The molecule has 0 radical (unpaired) electrons. The molecule has 6 heteroatoms. The van der Waals surface area contributed by atoms with Gasteiger partial charge >= 0.3 is 0 Å². The van der Waals surface area contributed by atoms with Crippen LogP contribution in [0.2, 0.25) is 0 Å². The van der Waals surface area contributed by atoms with Gasteiger partial charge < -0.3 is 25.8 Å². The number of fused-ring (bicyclic) bond motifs is 1. The van der Waals surface area contributed by atoms with Crippen LogP contribution in [0.15, 0.2) is 12.1 Å². The van der Waals surface area contributed by atoms with Gasteiger partial charge in [0, 0.05) is 19.2 Å². The Morgan fingerprint density at radius 2 is 2.30 bits per heavy atom. The SMILES string of the molecule is CC1CN(c2cc3c(cc2N)OCC(=O)N3)CCC1O. The van der Waals surface area contributed by atoms with E-state index in [-0.39, 0.29) is 24.5 Å². The summed E-state index contributed by atoms with van der Waals surface area (Å²) in [6, 6.07) is 3.60. The number of hydrogen-bond donors (Lipinski definition) is 3. The normalized spacial score (nSPS) is 25.7. The molecule has 2 heterocycles. The number of rotatable bonds is 1. The van der Waals surface area contributed by atoms with Crippen molar-refractivity contribution in [3.63, 3.8) is 0 Å². The van der Waals surface area contributed by atoms with E-state index in [1.165, 1.54) is 0 Å². The highest BCUT2D eigenvalue weighted by Gasteiger charge is 2.27. The van der Waals surface area contributed by atoms with Crippen LogP contribution in [0.4, 0.5) is 17.1 Å². The first-order valence-electron chi connectivity index (χ1n) is 6.84. The fourth-order valence-electron chi connectivity index (χ4n) is 2.76. The van der Waals surface area contributed by atoms with E-state index in [0.29, 0.717) is 17.1 Å². The lowest BCUT2D eigenvalue weighted by Crippen LogP contribution is -2.42. The summed E-state index contributed by atoms with van der Waals surface area (Å²) in [7, 11) is 0. The molecule has 0 saturated carbocycles. The van der Waals surface area contributed by atoms with Crippen LogP contribution in [0.5, 0.6) is 5.75 Å². The van der Waals surface area contributed by atoms with Crippen molar-refractivity contribution < 1.29 is 14.6 Å². The molecule has 20 heavy (non-hydrogen) atoms. The molecule has 0 bridgehead atoms. The molecule has 0 aromatic heterocycles. The van der Waals surface area contributed by atoms with Crippen LogP contribution in [0.25, 0.3) is 0 Å². The summed E-state index contributed by atoms with van der Waals surface area (Å²) in [6.45, 7) is 3.55.